The van der Waals surface area contributed by atoms with Gasteiger partial charge < -0.3 is 14.4 Å². The van der Waals surface area contributed by atoms with Crippen LogP contribution in [0.2, 0.25) is 0 Å². The topological polar surface area (TPSA) is 55.8 Å². The number of esters is 1. The highest BCUT2D eigenvalue weighted by Gasteiger charge is 2.37. The number of carbonyl (C=O) groups is 2. The maximum atomic E-state index is 13.5. The van der Waals surface area contributed by atoms with E-state index in [1.54, 1.807) is 43.0 Å². The summed E-state index contributed by atoms with van der Waals surface area (Å²) in [5, 5.41) is 0. The molecule has 6 heteroatoms. The molecule has 0 radical (unpaired) electrons. The Morgan fingerprint density at radius 3 is 2.52 bits per heavy atom. The molecule has 1 aliphatic heterocycles. The van der Waals surface area contributed by atoms with Crippen molar-refractivity contribution in [3.8, 4) is 5.75 Å². The highest BCUT2D eigenvalue weighted by Crippen LogP contribution is 2.38. The van der Waals surface area contributed by atoms with Gasteiger partial charge in [-0.2, -0.15) is 0 Å². The quantitative estimate of drug-likeness (QED) is 0.447. The third kappa shape index (κ3) is 4.95. The fourth-order valence-electron chi connectivity index (χ4n) is 4.51. The lowest BCUT2D eigenvalue weighted by Crippen LogP contribution is -2.41. The molecule has 0 N–H and O–H groups in total. The summed E-state index contributed by atoms with van der Waals surface area (Å²) in [6, 6.07) is 12.7. The number of ether oxygens (including phenoxy) is 2. The van der Waals surface area contributed by atoms with Crippen molar-refractivity contribution in [1.82, 2.24) is 0 Å². The van der Waals surface area contributed by atoms with Crippen molar-refractivity contribution in [2.45, 2.75) is 58.2 Å². The molecule has 1 fully saturated rings. The standard InChI is InChI=1S/C25H28BrNO4/c1-25(2)30-21-11-5-10-20(22(21)24(29)31-25)27(16-6-9-17-7-3-4-8-17)23(28)18-12-14-19(26)15-13-18/h5,10-15,17H,3-4,6-9,16H2,1-2H3. The highest BCUT2D eigenvalue weighted by molar-refractivity contribution is 9.10. The number of hydrogen-bond donors (Lipinski definition) is 0. The summed E-state index contributed by atoms with van der Waals surface area (Å²) in [6.45, 7) is 3.94. The average Bonchev–Trinajstić information content (AvgIpc) is 3.23. The highest BCUT2D eigenvalue weighted by atomic mass is 79.9. The average molecular weight is 486 g/mol. The molecule has 0 saturated heterocycles. The lowest BCUT2D eigenvalue weighted by Gasteiger charge is -2.34. The Morgan fingerprint density at radius 2 is 1.81 bits per heavy atom. The number of hydrogen-bond acceptors (Lipinski definition) is 4. The van der Waals surface area contributed by atoms with Crippen molar-refractivity contribution >= 4 is 33.5 Å². The van der Waals surface area contributed by atoms with Gasteiger partial charge in [-0.15, -0.1) is 0 Å². The summed E-state index contributed by atoms with van der Waals surface area (Å²) in [7, 11) is 0. The van der Waals surface area contributed by atoms with Gasteiger partial charge in [0.25, 0.3) is 5.91 Å². The molecule has 2 aliphatic rings. The summed E-state index contributed by atoms with van der Waals surface area (Å²) in [5.41, 5.74) is 1.43. The largest absolute Gasteiger partial charge is 0.452 e. The second kappa shape index (κ2) is 9.03. The molecule has 4 rings (SSSR count). The van der Waals surface area contributed by atoms with Gasteiger partial charge in [-0.3, -0.25) is 4.79 Å². The summed E-state index contributed by atoms with van der Waals surface area (Å²) in [6.07, 6.45) is 7.13. The third-order valence-electron chi connectivity index (χ3n) is 6.00. The van der Waals surface area contributed by atoms with E-state index in [0.717, 1.165) is 23.2 Å². The number of carbonyl (C=O) groups excluding carboxylic acids is 2. The van der Waals surface area contributed by atoms with Crippen LogP contribution in [0, 0.1) is 5.92 Å². The Bertz CT molecular complexity index is 964. The number of halogens is 1. The van der Waals surface area contributed by atoms with Crippen molar-refractivity contribution in [1.29, 1.82) is 0 Å². The van der Waals surface area contributed by atoms with Gasteiger partial charge in [0.2, 0.25) is 5.79 Å². The molecule has 0 aromatic heterocycles. The molecule has 1 aliphatic carbocycles. The van der Waals surface area contributed by atoms with Crippen LogP contribution in [0.3, 0.4) is 0 Å². The zero-order valence-electron chi connectivity index (χ0n) is 18.0. The predicted molar refractivity (Wildman–Crippen MR) is 124 cm³/mol. The number of cyclic esters (lactones) is 1. The summed E-state index contributed by atoms with van der Waals surface area (Å²) in [4.78, 5) is 28.1. The van der Waals surface area contributed by atoms with Crippen molar-refractivity contribution in [3.05, 3.63) is 58.1 Å². The van der Waals surface area contributed by atoms with Gasteiger partial charge in [0.05, 0.1) is 5.69 Å². The van der Waals surface area contributed by atoms with Gasteiger partial charge in [0.1, 0.15) is 11.3 Å². The van der Waals surface area contributed by atoms with E-state index in [9.17, 15) is 9.59 Å². The molecule has 1 saturated carbocycles. The summed E-state index contributed by atoms with van der Waals surface area (Å²) in [5.74, 6) is -0.450. The lowest BCUT2D eigenvalue weighted by molar-refractivity contribution is -0.127. The fourth-order valence-corrected chi connectivity index (χ4v) is 4.78. The molecule has 5 nitrogen and oxygen atoms in total. The van der Waals surface area contributed by atoms with Crippen LogP contribution in [0.25, 0.3) is 0 Å². The first-order valence-electron chi connectivity index (χ1n) is 11.0. The molecule has 0 spiro atoms. The van der Waals surface area contributed by atoms with Gasteiger partial charge in [-0.1, -0.05) is 47.7 Å². The van der Waals surface area contributed by atoms with Gasteiger partial charge in [0.15, 0.2) is 0 Å². The van der Waals surface area contributed by atoms with Gasteiger partial charge in [-0.05, 0) is 55.2 Å². The Morgan fingerprint density at radius 1 is 1.10 bits per heavy atom. The van der Waals surface area contributed by atoms with E-state index in [1.807, 2.05) is 18.2 Å². The number of rotatable bonds is 6. The molecular formula is C25H28BrNO4. The summed E-state index contributed by atoms with van der Waals surface area (Å²) >= 11 is 3.42. The van der Waals surface area contributed by atoms with Crippen LogP contribution in [-0.2, 0) is 4.74 Å². The van der Waals surface area contributed by atoms with Crippen molar-refractivity contribution in [2.75, 3.05) is 11.4 Å². The molecule has 0 unspecified atom stereocenters. The molecule has 164 valence electrons. The van der Waals surface area contributed by atoms with Crippen LogP contribution in [-0.4, -0.2) is 24.2 Å². The SMILES string of the molecule is CC1(C)OC(=O)c2c(cccc2N(CCCC2CCCC2)C(=O)c2ccc(Br)cc2)O1. The predicted octanol–water partition coefficient (Wildman–Crippen LogP) is 6.35. The van der Waals surface area contributed by atoms with Gasteiger partial charge >= 0.3 is 5.97 Å². The maximum Gasteiger partial charge on any atom is 0.347 e. The molecule has 1 amide bonds. The third-order valence-corrected chi connectivity index (χ3v) is 6.53. The van der Waals surface area contributed by atoms with E-state index >= 15 is 0 Å². The number of benzene rings is 2. The molecule has 31 heavy (non-hydrogen) atoms. The minimum Gasteiger partial charge on any atom is -0.452 e. The second-order valence-corrected chi connectivity index (χ2v) is 9.71. The van der Waals surface area contributed by atoms with Crippen molar-refractivity contribution in [2.24, 2.45) is 5.92 Å². The maximum absolute atomic E-state index is 13.5. The fraction of sp³-hybridized carbons (Fsp3) is 0.440. The number of amides is 1. The first kappa shape index (κ1) is 21.9. The minimum absolute atomic E-state index is 0.134. The Balaban J connectivity index is 1.66. The zero-order valence-corrected chi connectivity index (χ0v) is 19.6. The summed E-state index contributed by atoms with van der Waals surface area (Å²) < 4.78 is 12.3. The van der Waals surface area contributed by atoms with Gasteiger partial charge in [0, 0.05) is 30.4 Å². The number of fused-ring (bicyclic) bond motifs is 1. The Labute approximate surface area is 191 Å². The van der Waals surface area contributed by atoms with Gasteiger partial charge in [-0.25, -0.2) is 4.79 Å². The van der Waals surface area contributed by atoms with E-state index < -0.39 is 11.8 Å². The molecule has 2 aromatic rings. The van der Waals surface area contributed by atoms with E-state index in [1.165, 1.54) is 25.7 Å². The molecule has 1 heterocycles. The second-order valence-electron chi connectivity index (χ2n) is 8.80. The number of nitrogens with zero attached hydrogens (tertiary/aromatic N) is 1. The lowest BCUT2D eigenvalue weighted by atomic mass is 10.0. The molecular weight excluding hydrogens is 458 g/mol. The molecule has 0 bridgehead atoms. The Kier molecular flexibility index (Phi) is 6.37. The smallest absolute Gasteiger partial charge is 0.347 e. The van der Waals surface area contributed by atoms with Crippen molar-refractivity contribution in [3.63, 3.8) is 0 Å². The Hall–Kier alpha value is -2.34. The van der Waals surface area contributed by atoms with Crippen LogP contribution in [0.5, 0.6) is 5.75 Å². The minimum atomic E-state index is -1.04. The van der Waals surface area contributed by atoms with E-state index in [0.29, 0.717) is 29.1 Å². The zero-order chi connectivity index (χ0) is 22.0. The van der Waals surface area contributed by atoms with Crippen LogP contribution >= 0.6 is 15.9 Å². The monoisotopic (exact) mass is 485 g/mol. The first-order chi connectivity index (χ1) is 14.8. The molecule has 0 atom stereocenters. The van der Waals surface area contributed by atoms with Crippen LogP contribution < -0.4 is 9.64 Å². The van der Waals surface area contributed by atoms with E-state index in [4.69, 9.17) is 9.47 Å². The number of anilines is 1. The molecule has 2 aromatic carbocycles. The normalized spacial score (nSPS) is 17.6. The van der Waals surface area contributed by atoms with Crippen molar-refractivity contribution < 1.29 is 19.1 Å². The van der Waals surface area contributed by atoms with Crippen LogP contribution in [0.15, 0.2) is 46.9 Å². The van der Waals surface area contributed by atoms with E-state index in [-0.39, 0.29) is 5.91 Å². The first-order valence-corrected chi connectivity index (χ1v) is 11.8. The van der Waals surface area contributed by atoms with Crippen LogP contribution in [0.4, 0.5) is 5.69 Å². The van der Waals surface area contributed by atoms with Crippen LogP contribution in [0.1, 0.15) is 73.1 Å². The van der Waals surface area contributed by atoms with E-state index in [2.05, 4.69) is 15.9 Å².